The number of hydrogen-bond acceptors (Lipinski definition) is 8. The van der Waals surface area contributed by atoms with Crippen LogP contribution in [0.1, 0.15) is 12.7 Å². The summed E-state index contributed by atoms with van der Waals surface area (Å²) in [5.74, 6) is 3.30. The van der Waals surface area contributed by atoms with Gasteiger partial charge in [-0.2, -0.15) is 5.10 Å². The van der Waals surface area contributed by atoms with E-state index in [1.165, 1.54) is 0 Å². The lowest BCUT2D eigenvalue weighted by molar-refractivity contribution is 0.324. The highest BCUT2D eigenvalue weighted by atomic mass is 16.5. The number of aromatic nitrogens is 6. The molecule has 0 aliphatic heterocycles. The van der Waals surface area contributed by atoms with Crippen molar-refractivity contribution < 1.29 is 14.2 Å². The van der Waals surface area contributed by atoms with Gasteiger partial charge >= 0.3 is 0 Å². The zero-order valence-electron chi connectivity index (χ0n) is 20.4. The first-order chi connectivity index (χ1) is 17.5. The molecule has 3 aromatic heterocycles. The fourth-order valence-corrected chi connectivity index (χ4v) is 3.82. The normalized spacial score (nSPS) is 10.9. The van der Waals surface area contributed by atoms with Crippen LogP contribution in [0.25, 0.3) is 28.0 Å². The van der Waals surface area contributed by atoms with Crippen molar-refractivity contribution in [2.75, 3.05) is 26.6 Å². The van der Waals surface area contributed by atoms with Gasteiger partial charge in [-0.3, -0.25) is 0 Å². The number of methoxy groups -OCH3 is 3. The number of imidazole rings is 1. The highest BCUT2D eigenvalue weighted by molar-refractivity contribution is 5.90. The standard InChI is InChI=1S/C26H25N7O3/c1-16(2)24-30-25(19-13-28-33(26(19)31-24)17-9-7-6-8-10-17)29-22-14-32(15-27-22)18-11-20(34-3)23(36-5)21(12-18)35-4/h6-15H,1H2,2-5H3,(H,29,30,31). The van der Waals surface area contributed by atoms with Crippen LogP contribution in [0, 0.1) is 0 Å². The first kappa shape index (κ1) is 22.9. The SMILES string of the molecule is C=C(C)c1nc(Nc2cn(-c3cc(OC)c(OC)c(OC)c3)cn2)c2cnn(-c3ccccc3)c2n1. The van der Waals surface area contributed by atoms with Gasteiger partial charge in [-0.25, -0.2) is 19.6 Å². The van der Waals surface area contributed by atoms with E-state index in [1.54, 1.807) is 38.5 Å². The molecule has 0 aliphatic rings. The fraction of sp³-hybridized carbons (Fsp3) is 0.154. The van der Waals surface area contributed by atoms with E-state index in [0.717, 1.165) is 22.3 Å². The van der Waals surface area contributed by atoms with Gasteiger partial charge in [0.1, 0.15) is 18.0 Å². The number of nitrogens with zero attached hydrogens (tertiary/aromatic N) is 6. The Kier molecular flexibility index (Phi) is 5.99. The van der Waals surface area contributed by atoms with Gasteiger partial charge in [0.25, 0.3) is 0 Å². The molecule has 2 aromatic carbocycles. The van der Waals surface area contributed by atoms with Crippen molar-refractivity contribution in [1.29, 1.82) is 0 Å². The molecule has 0 fully saturated rings. The van der Waals surface area contributed by atoms with Crippen LogP contribution in [-0.4, -0.2) is 50.6 Å². The molecule has 5 aromatic rings. The second-order valence-corrected chi connectivity index (χ2v) is 7.98. The fourth-order valence-electron chi connectivity index (χ4n) is 3.82. The molecule has 0 atom stereocenters. The summed E-state index contributed by atoms with van der Waals surface area (Å²) in [5.41, 5.74) is 3.10. The molecule has 1 N–H and O–H groups in total. The number of ether oxygens (including phenoxy) is 3. The summed E-state index contributed by atoms with van der Waals surface area (Å²) >= 11 is 0. The van der Waals surface area contributed by atoms with E-state index in [4.69, 9.17) is 19.2 Å². The Hall–Kier alpha value is -4.86. The van der Waals surface area contributed by atoms with E-state index in [0.29, 0.717) is 40.4 Å². The summed E-state index contributed by atoms with van der Waals surface area (Å²) in [6.45, 7) is 5.89. The third-order valence-corrected chi connectivity index (χ3v) is 5.59. The molecule has 0 saturated heterocycles. The Morgan fingerprint density at radius 3 is 2.31 bits per heavy atom. The van der Waals surface area contributed by atoms with Crippen LogP contribution in [-0.2, 0) is 0 Å². The van der Waals surface area contributed by atoms with Crippen LogP contribution >= 0.6 is 0 Å². The third kappa shape index (κ3) is 4.09. The van der Waals surface area contributed by atoms with Crippen LogP contribution < -0.4 is 19.5 Å². The van der Waals surface area contributed by atoms with Crippen molar-refractivity contribution >= 4 is 28.2 Å². The van der Waals surface area contributed by atoms with Gasteiger partial charge in [-0.1, -0.05) is 24.8 Å². The maximum atomic E-state index is 5.48. The van der Waals surface area contributed by atoms with Crippen molar-refractivity contribution in [2.45, 2.75) is 6.92 Å². The van der Waals surface area contributed by atoms with Crippen molar-refractivity contribution in [3.63, 3.8) is 0 Å². The predicted molar refractivity (Wildman–Crippen MR) is 138 cm³/mol. The van der Waals surface area contributed by atoms with E-state index >= 15 is 0 Å². The number of anilines is 2. The van der Waals surface area contributed by atoms with Crippen molar-refractivity contribution in [1.82, 2.24) is 29.3 Å². The predicted octanol–water partition coefficient (Wildman–Crippen LogP) is 4.80. The molecule has 5 rings (SSSR count). The molecule has 0 aliphatic carbocycles. The maximum absolute atomic E-state index is 5.48. The molecule has 0 radical (unpaired) electrons. The van der Waals surface area contributed by atoms with E-state index in [-0.39, 0.29) is 0 Å². The van der Waals surface area contributed by atoms with Gasteiger partial charge in [0, 0.05) is 12.1 Å². The van der Waals surface area contributed by atoms with Crippen LogP contribution in [0.2, 0.25) is 0 Å². The average Bonchev–Trinajstić information content (AvgIpc) is 3.55. The maximum Gasteiger partial charge on any atom is 0.203 e. The summed E-state index contributed by atoms with van der Waals surface area (Å²) in [6.07, 6.45) is 5.27. The van der Waals surface area contributed by atoms with Crippen LogP contribution in [0.15, 0.2) is 67.8 Å². The number of fused-ring (bicyclic) bond motifs is 1. The van der Waals surface area contributed by atoms with Gasteiger partial charge < -0.3 is 24.1 Å². The number of nitrogens with one attached hydrogen (secondary N) is 1. The van der Waals surface area contributed by atoms with Gasteiger partial charge in [0.15, 0.2) is 23.0 Å². The molecule has 0 spiro atoms. The van der Waals surface area contributed by atoms with E-state index in [1.807, 2.05) is 60.2 Å². The Labute approximate surface area is 207 Å². The lowest BCUT2D eigenvalue weighted by Gasteiger charge is -2.14. The molecule has 0 unspecified atom stereocenters. The minimum Gasteiger partial charge on any atom is -0.493 e. The minimum atomic E-state index is 0.520. The zero-order valence-corrected chi connectivity index (χ0v) is 20.4. The molecular formula is C26H25N7O3. The summed E-state index contributed by atoms with van der Waals surface area (Å²) in [7, 11) is 4.73. The highest BCUT2D eigenvalue weighted by Gasteiger charge is 2.17. The molecule has 0 amide bonds. The highest BCUT2D eigenvalue weighted by Crippen LogP contribution is 2.39. The van der Waals surface area contributed by atoms with Crippen LogP contribution in [0.3, 0.4) is 0 Å². The number of hydrogen-bond donors (Lipinski definition) is 1. The lowest BCUT2D eigenvalue weighted by atomic mass is 10.2. The minimum absolute atomic E-state index is 0.520. The molecular weight excluding hydrogens is 458 g/mol. The van der Waals surface area contributed by atoms with Gasteiger partial charge in [-0.05, 0) is 24.6 Å². The van der Waals surface area contributed by atoms with Crippen molar-refractivity contribution in [2.24, 2.45) is 0 Å². The summed E-state index contributed by atoms with van der Waals surface area (Å²) in [5, 5.41) is 8.62. The van der Waals surface area contributed by atoms with Gasteiger partial charge in [0.2, 0.25) is 5.75 Å². The monoisotopic (exact) mass is 483 g/mol. The second kappa shape index (κ2) is 9.41. The molecule has 0 saturated carbocycles. The number of allylic oxidation sites excluding steroid dienone is 1. The van der Waals surface area contributed by atoms with E-state index < -0.39 is 0 Å². The molecule has 10 nitrogen and oxygen atoms in total. The summed E-state index contributed by atoms with van der Waals surface area (Å²) in [6, 6.07) is 13.5. The Balaban J connectivity index is 1.54. The number of para-hydroxylation sites is 1. The van der Waals surface area contributed by atoms with E-state index in [9.17, 15) is 0 Å². The number of benzene rings is 2. The van der Waals surface area contributed by atoms with Gasteiger partial charge in [0.05, 0.1) is 50.5 Å². The van der Waals surface area contributed by atoms with Crippen LogP contribution in [0.5, 0.6) is 17.2 Å². The smallest absolute Gasteiger partial charge is 0.203 e. The molecule has 36 heavy (non-hydrogen) atoms. The first-order valence-electron chi connectivity index (χ1n) is 11.1. The quantitative estimate of drug-likeness (QED) is 0.336. The zero-order chi connectivity index (χ0) is 25.2. The lowest BCUT2D eigenvalue weighted by Crippen LogP contribution is -2.03. The molecule has 3 heterocycles. The van der Waals surface area contributed by atoms with Gasteiger partial charge in [-0.15, -0.1) is 0 Å². The Morgan fingerprint density at radius 1 is 0.944 bits per heavy atom. The third-order valence-electron chi connectivity index (χ3n) is 5.59. The first-order valence-corrected chi connectivity index (χ1v) is 11.1. The summed E-state index contributed by atoms with van der Waals surface area (Å²) < 4.78 is 20.0. The summed E-state index contributed by atoms with van der Waals surface area (Å²) in [4.78, 5) is 13.9. The topological polar surface area (TPSA) is 101 Å². The largest absolute Gasteiger partial charge is 0.493 e. The van der Waals surface area contributed by atoms with E-state index in [2.05, 4.69) is 27.0 Å². The molecule has 10 heteroatoms. The van der Waals surface area contributed by atoms with Crippen LogP contribution in [0.4, 0.5) is 11.6 Å². The average molecular weight is 484 g/mol. The number of rotatable bonds is 8. The molecule has 0 bridgehead atoms. The van der Waals surface area contributed by atoms with Crippen molar-refractivity contribution in [3.05, 3.63) is 73.6 Å². The Bertz CT molecular complexity index is 1530. The second-order valence-electron chi connectivity index (χ2n) is 7.98. The Morgan fingerprint density at radius 2 is 1.67 bits per heavy atom. The van der Waals surface area contributed by atoms with Crippen molar-refractivity contribution in [3.8, 4) is 28.6 Å². The molecule has 182 valence electrons.